The van der Waals surface area contributed by atoms with Crippen molar-refractivity contribution in [2.75, 3.05) is 19.6 Å². The van der Waals surface area contributed by atoms with Crippen molar-refractivity contribution in [3.05, 3.63) is 35.2 Å². The van der Waals surface area contributed by atoms with Crippen LogP contribution in [0.4, 0.5) is 0 Å². The SMILES string of the molecule is O=C(O)C1CNCCN1C(=O)c1cc2ccccc2s1. The lowest BCUT2D eigenvalue weighted by molar-refractivity contribution is -0.142. The van der Waals surface area contributed by atoms with Crippen molar-refractivity contribution in [1.29, 1.82) is 0 Å². The molecule has 1 amide bonds. The van der Waals surface area contributed by atoms with Gasteiger partial charge in [0.2, 0.25) is 0 Å². The Morgan fingerprint density at radius 2 is 2.15 bits per heavy atom. The minimum absolute atomic E-state index is 0.194. The molecule has 1 atom stereocenters. The van der Waals surface area contributed by atoms with Gasteiger partial charge in [0, 0.05) is 24.3 Å². The van der Waals surface area contributed by atoms with Crippen LogP contribution in [0.1, 0.15) is 9.67 Å². The van der Waals surface area contributed by atoms with E-state index in [0.29, 0.717) is 24.5 Å². The molecule has 0 bridgehead atoms. The predicted octanol–water partition coefficient (Wildman–Crippen LogP) is 1.40. The van der Waals surface area contributed by atoms with Crippen molar-refractivity contribution in [1.82, 2.24) is 10.2 Å². The van der Waals surface area contributed by atoms with E-state index in [0.717, 1.165) is 10.1 Å². The fourth-order valence-corrected chi connectivity index (χ4v) is 3.42. The van der Waals surface area contributed by atoms with Crippen LogP contribution in [-0.2, 0) is 4.79 Å². The van der Waals surface area contributed by atoms with Crippen LogP contribution in [0.3, 0.4) is 0 Å². The molecule has 2 heterocycles. The Morgan fingerprint density at radius 1 is 1.35 bits per heavy atom. The Kier molecular flexibility index (Phi) is 3.42. The van der Waals surface area contributed by atoms with Crippen LogP contribution in [-0.4, -0.2) is 47.6 Å². The van der Waals surface area contributed by atoms with E-state index in [2.05, 4.69) is 5.32 Å². The summed E-state index contributed by atoms with van der Waals surface area (Å²) in [4.78, 5) is 25.8. The number of carbonyl (C=O) groups is 2. The molecule has 1 fully saturated rings. The fourth-order valence-electron chi connectivity index (χ4n) is 2.40. The third-order valence-electron chi connectivity index (χ3n) is 3.43. The molecule has 0 saturated carbocycles. The highest BCUT2D eigenvalue weighted by Crippen LogP contribution is 2.27. The third kappa shape index (κ3) is 2.28. The molecule has 0 spiro atoms. The van der Waals surface area contributed by atoms with Gasteiger partial charge in [-0.3, -0.25) is 4.79 Å². The molecule has 1 unspecified atom stereocenters. The van der Waals surface area contributed by atoms with Crippen LogP contribution < -0.4 is 5.32 Å². The second-order valence-corrected chi connectivity index (χ2v) is 5.79. The van der Waals surface area contributed by atoms with E-state index in [1.807, 2.05) is 30.3 Å². The number of carboxylic acid groups (broad SMARTS) is 1. The zero-order chi connectivity index (χ0) is 14.1. The number of hydrogen-bond donors (Lipinski definition) is 2. The first-order valence-electron chi connectivity index (χ1n) is 6.40. The molecule has 1 aromatic carbocycles. The number of fused-ring (bicyclic) bond motifs is 1. The highest BCUT2D eigenvalue weighted by atomic mass is 32.1. The smallest absolute Gasteiger partial charge is 0.327 e. The molecule has 0 aliphatic carbocycles. The summed E-state index contributed by atoms with van der Waals surface area (Å²) in [6.07, 6.45) is 0. The van der Waals surface area contributed by atoms with Crippen LogP contribution >= 0.6 is 11.3 Å². The molecular weight excluding hydrogens is 276 g/mol. The summed E-state index contributed by atoms with van der Waals surface area (Å²) in [5.74, 6) is -1.16. The molecule has 1 aliphatic rings. The number of nitrogens with one attached hydrogen (secondary N) is 1. The van der Waals surface area contributed by atoms with Crippen molar-refractivity contribution in [2.45, 2.75) is 6.04 Å². The van der Waals surface area contributed by atoms with Gasteiger partial charge in [0.1, 0.15) is 6.04 Å². The number of carboxylic acids is 1. The second-order valence-electron chi connectivity index (χ2n) is 4.71. The van der Waals surface area contributed by atoms with Gasteiger partial charge in [0.05, 0.1) is 4.88 Å². The van der Waals surface area contributed by atoms with Crippen molar-refractivity contribution in [2.24, 2.45) is 0 Å². The molecule has 3 rings (SSSR count). The van der Waals surface area contributed by atoms with E-state index in [1.165, 1.54) is 16.2 Å². The Bertz CT molecular complexity index is 634. The lowest BCUT2D eigenvalue weighted by atomic mass is 10.1. The predicted molar refractivity (Wildman–Crippen MR) is 77.2 cm³/mol. The minimum Gasteiger partial charge on any atom is -0.480 e. The average molecular weight is 290 g/mol. The van der Waals surface area contributed by atoms with Gasteiger partial charge in [0.25, 0.3) is 5.91 Å². The van der Waals surface area contributed by atoms with E-state index in [-0.39, 0.29) is 5.91 Å². The molecule has 2 aromatic rings. The molecule has 1 aliphatic heterocycles. The lowest BCUT2D eigenvalue weighted by Gasteiger charge is -2.33. The van der Waals surface area contributed by atoms with Crippen molar-refractivity contribution >= 4 is 33.3 Å². The Balaban J connectivity index is 1.92. The maximum atomic E-state index is 12.5. The number of nitrogens with zero attached hydrogens (tertiary/aromatic N) is 1. The first-order chi connectivity index (χ1) is 9.66. The van der Waals surface area contributed by atoms with Gasteiger partial charge in [0.15, 0.2) is 0 Å². The van der Waals surface area contributed by atoms with Crippen LogP contribution in [0.25, 0.3) is 10.1 Å². The van der Waals surface area contributed by atoms with Crippen LogP contribution in [0, 0.1) is 0 Å². The largest absolute Gasteiger partial charge is 0.480 e. The molecule has 1 aromatic heterocycles. The highest BCUT2D eigenvalue weighted by molar-refractivity contribution is 7.20. The number of thiophene rings is 1. The van der Waals surface area contributed by atoms with Crippen molar-refractivity contribution in [3.8, 4) is 0 Å². The highest BCUT2D eigenvalue weighted by Gasteiger charge is 2.33. The number of aliphatic carboxylic acids is 1. The minimum atomic E-state index is -0.966. The third-order valence-corrected chi connectivity index (χ3v) is 4.53. The molecule has 5 nitrogen and oxygen atoms in total. The van der Waals surface area contributed by atoms with E-state index < -0.39 is 12.0 Å². The van der Waals surface area contributed by atoms with E-state index in [1.54, 1.807) is 0 Å². The molecule has 1 saturated heterocycles. The van der Waals surface area contributed by atoms with Gasteiger partial charge in [-0.1, -0.05) is 18.2 Å². The molecule has 20 heavy (non-hydrogen) atoms. The van der Waals surface area contributed by atoms with Crippen molar-refractivity contribution < 1.29 is 14.7 Å². The summed E-state index contributed by atoms with van der Waals surface area (Å²) in [5.41, 5.74) is 0. The second kappa shape index (κ2) is 5.22. The molecule has 6 heteroatoms. The average Bonchev–Trinajstić information content (AvgIpc) is 2.90. The summed E-state index contributed by atoms with van der Waals surface area (Å²) in [6, 6.07) is 8.81. The maximum Gasteiger partial charge on any atom is 0.327 e. The summed E-state index contributed by atoms with van der Waals surface area (Å²) >= 11 is 1.41. The molecule has 2 N–H and O–H groups in total. The zero-order valence-corrected chi connectivity index (χ0v) is 11.5. The molecule has 0 radical (unpaired) electrons. The number of amides is 1. The monoisotopic (exact) mass is 290 g/mol. The molecular formula is C14H14N2O3S. The Hall–Kier alpha value is -1.92. The van der Waals surface area contributed by atoms with Crippen molar-refractivity contribution in [3.63, 3.8) is 0 Å². The number of benzene rings is 1. The van der Waals surface area contributed by atoms with E-state index in [4.69, 9.17) is 0 Å². The van der Waals surface area contributed by atoms with Gasteiger partial charge in [-0.25, -0.2) is 4.79 Å². The first kappa shape index (κ1) is 13.1. The van der Waals surface area contributed by atoms with Gasteiger partial charge in [-0.05, 0) is 17.5 Å². The van der Waals surface area contributed by atoms with Crippen LogP contribution in [0.15, 0.2) is 30.3 Å². The number of piperazine rings is 1. The number of carbonyl (C=O) groups excluding carboxylic acids is 1. The topological polar surface area (TPSA) is 69.6 Å². The summed E-state index contributed by atoms with van der Waals surface area (Å²) in [6.45, 7) is 1.34. The van der Waals surface area contributed by atoms with Gasteiger partial charge >= 0.3 is 5.97 Å². The summed E-state index contributed by atoms with van der Waals surface area (Å²) in [5, 5.41) is 13.2. The quantitative estimate of drug-likeness (QED) is 0.877. The summed E-state index contributed by atoms with van der Waals surface area (Å²) < 4.78 is 1.04. The van der Waals surface area contributed by atoms with E-state index in [9.17, 15) is 14.7 Å². The zero-order valence-electron chi connectivity index (χ0n) is 10.7. The standard InChI is InChI=1S/C14H14N2O3S/c17-13(16-6-5-15-8-10(16)14(18)19)12-7-9-3-1-2-4-11(9)20-12/h1-4,7,10,15H,5-6,8H2,(H,18,19). The van der Waals surface area contributed by atoms with Crippen LogP contribution in [0.2, 0.25) is 0 Å². The van der Waals surface area contributed by atoms with Gasteiger partial charge < -0.3 is 15.3 Å². The van der Waals surface area contributed by atoms with E-state index >= 15 is 0 Å². The maximum absolute atomic E-state index is 12.5. The lowest BCUT2D eigenvalue weighted by Crippen LogP contribution is -2.56. The normalized spacial score (nSPS) is 19.2. The molecule has 104 valence electrons. The Morgan fingerprint density at radius 3 is 2.90 bits per heavy atom. The summed E-state index contributed by atoms with van der Waals surface area (Å²) in [7, 11) is 0. The van der Waals surface area contributed by atoms with Crippen LogP contribution in [0.5, 0.6) is 0 Å². The van der Waals surface area contributed by atoms with Gasteiger partial charge in [-0.15, -0.1) is 11.3 Å². The fraction of sp³-hybridized carbons (Fsp3) is 0.286. The van der Waals surface area contributed by atoms with Gasteiger partial charge in [-0.2, -0.15) is 0 Å². The Labute approximate surface area is 119 Å². The first-order valence-corrected chi connectivity index (χ1v) is 7.21. The number of hydrogen-bond acceptors (Lipinski definition) is 4. The number of rotatable bonds is 2.